The highest BCUT2D eigenvalue weighted by molar-refractivity contribution is 5.79. The Bertz CT molecular complexity index is 486. The zero-order valence-corrected chi connectivity index (χ0v) is 20.6. The number of rotatable bonds is 21. The molecular weight excluding hydrogens is 406 g/mol. The molecule has 0 aliphatic heterocycles. The van der Waals surface area contributed by atoms with E-state index in [0.29, 0.717) is 0 Å². The van der Waals surface area contributed by atoms with Crippen LogP contribution < -0.4 is 16.4 Å². The number of aliphatic hydroxyl groups is 1. The molecule has 8 nitrogen and oxygen atoms in total. The minimum atomic E-state index is -0.925. The summed E-state index contributed by atoms with van der Waals surface area (Å²) in [5.74, 6) is -0.467. The van der Waals surface area contributed by atoms with E-state index < -0.39 is 6.10 Å². The van der Waals surface area contributed by atoms with Crippen LogP contribution >= 0.6 is 0 Å². The minimum absolute atomic E-state index is 0.0476. The molecule has 8 heteroatoms. The molecular formula is C24H49N5O3. The summed E-state index contributed by atoms with van der Waals surface area (Å²) in [6.45, 7) is 6.33. The number of nitrogens with zero attached hydrogens (tertiary/aromatic N) is 1. The Morgan fingerprint density at radius 2 is 1.38 bits per heavy atom. The van der Waals surface area contributed by atoms with Crippen molar-refractivity contribution in [3.05, 3.63) is 0 Å². The lowest BCUT2D eigenvalue weighted by molar-refractivity contribution is -0.131. The first-order chi connectivity index (χ1) is 15.4. The largest absolute Gasteiger partial charge is 0.391 e. The van der Waals surface area contributed by atoms with E-state index >= 15 is 0 Å². The van der Waals surface area contributed by atoms with Crippen molar-refractivity contribution in [3.8, 4) is 0 Å². The maximum absolute atomic E-state index is 12.7. The van der Waals surface area contributed by atoms with Crippen LogP contribution in [0.15, 0.2) is 0 Å². The van der Waals surface area contributed by atoms with E-state index in [-0.39, 0.29) is 43.7 Å². The Balaban J connectivity index is 4.28. The normalized spacial score (nSPS) is 11.7. The van der Waals surface area contributed by atoms with Crippen molar-refractivity contribution in [2.45, 2.75) is 110 Å². The van der Waals surface area contributed by atoms with Gasteiger partial charge in [-0.1, -0.05) is 78.1 Å². The van der Waals surface area contributed by atoms with Gasteiger partial charge in [-0.05, 0) is 12.8 Å². The Labute approximate surface area is 195 Å². The van der Waals surface area contributed by atoms with Crippen LogP contribution in [-0.2, 0) is 9.59 Å². The number of carbonyl (C=O) groups is 2. The van der Waals surface area contributed by atoms with Crippen LogP contribution in [0.3, 0.4) is 0 Å². The van der Waals surface area contributed by atoms with Crippen LogP contribution in [0.4, 0.5) is 0 Å². The van der Waals surface area contributed by atoms with Crippen molar-refractivity contribution in [1.29, 1.82) is 5.41 Å². The monoisotopic (exact) mass is 455 g/mol. The van der Waals surface area contributed by atoms with Crippen LogP contribution in [0.2, 0.25) is 0 Å². The quantitative estimate of drug-likeness (QED) is 0.103. The predicted octanol–water partition coefficient (Wildman–Crippen LogP) is 3.28. The lowest BCUT2D eigenvalue weighted by Crippen LogP contribution is -2.39. The van der Waals surface area contributed by atoms with Gasteiger partial charge in [0.15, 0.2) is 5.96 Å². The van der Waals surface area contributed by atoms with Crippen LogP contribution in [0.5, 0.6) is 0 Å². The average Bonchev–Trinajstić information content (AvgIpc) is 2.75. The molecule has 0 aromatic rings. The Kier molecular flexibility index (Phi) is 19.8. The molecule has 6 N–H and O–H groups in total. The summed E-state index contributed by atoms with van der Waals surface area (Å²) in [5, 5.41) is 22.0. The zero-order valence-electron chi connectivity index (χ0n) is 20.6. The number of guanidine groups is 1. The Hall–Kier alpha value is -1.83. The molecule has 0 fully saturated rings. The fourth-order valence-corrected chi connectivity index (χ4v) is 3.58. The number of aliphatic hydroxyl groups excluding tert-OH is 1. The number of hydrogen-bond acceptors (Lipinski definition) is 4. The smallest absolute Gasteiger partial charge is 0.224 e. The number of nitrogens with two attached hydrogens (primary N) is 1. The number of hydrogen-bond donors (Lipinski definition) is 5. The van der Waals surface area contributed by atoms with Crippen molar-refractivity contribution in [2.24, 2.45) is 5.73 Å². The van der Waals surface area contributed by atoms with Gasteiger partial charge in [0.05, 0.1) is 12.5 Å². The van der Waals surface area contributed by atoms with Gasteiger partial charge in [-0.3, -0.25) is 15.0 Å². The summed E-state index contributed by atoms with van der Waals surface area (Å²) in [4.78, 5) is 26.6. The number of carbonyl (C=O) groups excluding carboxylic acids is 2. The van der Waals surface area contributed by atoms with E-state index in [9.17, 15) is 14.7 Å². The topological polar surface area (TPSA) is 132 Å². The first kappa shape index (κ1) is 30.2. The summed E-state index contributed by atoms with van der Waals surface area (Å²) in [6, 6.07) is 0. The van der Waals surface area contributed by atoms with Crippen molar-refractivity contribution < 1.29 is 14.7 Å². The molecule has 0 rings (SSSR count). The van der Waals surface area contributed by atoms with Gasteiger partial charge in [-0.15, -0.1) is 0 Å². The SMILES string of the molecule is CCCCCCCCN(CCCCCCCC)C(=O)CCNC(=O)CC(O)CNC(=N)N. The van der Waals surface area contributed by atoms with Gasteiger partial charge >= 0.3 is 0 Å². The molecule has 1 unspecified atom stereocenters. The van der Waals surface area contributed by atoms with Crippen LogP contribution in [0.25, 0.3) is 0 Å². The third kappa shape index (κ3) is 18.9. The average molecular weight is 456 g/mol. The predicted molar refractivity (Wildman–Crippen MR) is 131 cm³/mol. The standard InChI is InChI=1S/C24H49N5O3/c1-3-5-7-9-11-13-17-29(18-14-12-10-8-6-4-2)23(32)15-16-27-22(31)19-21(30)20-28-24(25)26/h21,30H,3-20H2,1-2H3,(H,27,31)(H4,25,26,28). The van der Waals surface area contributed by atoms with Gasteiger partial charge in [0, 0.05) is 32.6 Å². The molecule has 0 aromatic heterocycles. The third-order valence-electron chi connectivity index (χ3n) is 5.53. The molecule has 0 spiro atoms. The minimum Gasteiger partial charge on any atom is -0.391 e. The molecule has 0 aliphatic carbocycles. The van der Waals surface area contributed by atoms with Crippen molar-refractivity contribution >= 4 is 17.8 Å². The van der Waals surface area contributed by atoms with Gasteiger partial charge in [-0.25, -0.2) is 0 Å². The fraction of sp³-hybridized carbons (Fsp3) is 0.875. The fourth-order valence-electron chi connectivity index (χ4n) is 3.58. The molecule has 188 valence electrons. The van der Waals surface area contributed by atoms with Crippen LogP contribution in [0.1, 0.15) is 104 Å². The molecule has 32 heavy (non-hydrogen) atoms. The maximum atomic E-state index is 12.7. The third-order valence-corrected chi connectivity index (χ3v) is 5.53. The molecule has 0 aromatic carbocycles. The highest BCUT2D eigenvalue weighted by atomic mass is 16.3. The van der Waals surface area contributed by atoms with Gasteiger partial charge in [-0.2, -0.15) is 0 Å². The first-order valence-electron chi connectivity index (χ1n) is 12.7. The molecule has 0 saturated carbocycles. The van der Waals surface area contributed by atoms with E-state index in [0.717, 1.165) is 38.8 Å². The van der Waals surface area contributed by atoms with E-state index in [4.69, 9.17) is 11.1 Å². The molecule has 0 saturated heterocycles. The molecule has 0 heterocycles. The van der Waals surface area contributed by atoms with Crippen molar-refractivity contribution in [2.75, 3.05) is 26.2 Å². The summed E-state index contributed by atoms with van der Waals surface area (Å²) < 4.78 is 0. The second-order valence-corrected chi connectivity index (χ2v) is 8.67. The van der Waals surface area contributed by atoms with E-state index in [1.807, 2.05) is 4.90 Å². The van der Waals surface area contributed by atoms with Gasteiger partial charge in [0.2, 0.25) is 11.8 Å². The van der Waals surface area contributed by atoms with Crippen molar-refractivity contribution in [1.82, 2.24) is 15.5 Å². The van der Waals surface area contributed by atoms with E-state index in [1.54, 1.807) is 0 Å². The molecule has 1 atom stereocenters. The zero-order chi connectivity index (χ0) is 24.0. The lowest BCUT2D eigenvalue weighted by atomic mass is 10.1. The van der Waals surface area contributed by atoms with Gasteiger partial charge in [0.25, 0.3) is 0 Å². The molecule has 2 amide bonds. The number of nitrogens with one attached hydrogen (secondary N) is 3. The summed E-state index contributed by atoms with van der Waals surface area (Å²) in [6.07, 6.45) is 13.7. The lowest BCUT2D eigenvalue weighted by Gasteiger charge is -2.23. The number of unbranched alkanes of at least 4 members (excludes halogenated alkanes) is 10. The van der Waals surface area contributed by atoms with E-state index in [2.05, 4.69) is 24.5 Å². The van der Waals surface area contributed by atoms with Gasteiger partial charge in [0.1, 0.15) is 0 Å². The first-order valence-corrected chi connectivity index (χ1v) is 12.7. The van der Waals surface area contributed by atoms with Gasteiger partial charge < -0.3 is 26.4 Å². The molecule has 0 aliphatic rings. The second-order valence-electron chi connectivity index (χ2n) is 8.67. The van der Waals surface area contributed by atoms with Crippen LogP contribution in [-0.4, -0.2) is 60.1 Å². The number of amides is 2. The molecule has 0 bridgehead atoms. The van der Waals surface area contributed by atoms with Crippen LogP contribution in [0, 0.1) is 5.41 Å². The summed E-state index contributed by atoms with van der Waals surface area (Å²) in [7, 11) is 0. The maximum Gasteiger partial charge on any atom is 0.224 e. The van der Waals surface area contributed by atoms with E-state index in [1.165, 1.54) is 51.4 Å². The highest BCUT2D eigenvalue weighted by Gasteiger charge is 2.15. The Morgan fingerprint density at radius 1 is 0.875 bits per heavy atom. The molecule has 0 radical (unpaired) electrons. The summed E-state index contributed by atoms with van der Waals surface area (Å²) in [5.41, 5.74) is 5.16. The summed E-state index contributed by atoms with van der Waals surface area (Å²) >= 11 is 0. The Morgan fingerprint density at radius 3 is 1.88 bits per heavy atom. The second kappa shape index (κ2) is 21.0. The van der Waals surface area contributed by atoms with Crippen molar-refractivity contribution in [3.63, 3.8) is 0 Å². The highest BCUT2D eigenvalue weighted by Crippen LogP contribution is 2.10.